The molecule has 39 heavy (non-hydrogen) atoms. The largest absolute Gasteiger partial charge is 0.493 e. The van der Waals surface area contributed by atoms with E-state index in [0.717, 1.165) is 16.7 Å². The SMILES string of the molecule is COc1ccc(Nc2nc3ccccc3n2-c2ncnc(Nc3cc(OC)c(OC)c(OC)c3)n2)cc1OC. The minimum absolute atomic E-state index is 0.309. The summed E-state index contributed by atoms with van der Waals surface area (Å²) in [6.07, 6.45) is 1.43. The second-order valence-electron chi connectivity index (χ2n) is 8.10. The molecule has 0 fully saturated rings. The first-order chi connectivity index (χ1) is 19.1. The van der Waals surface area contributed by atoms with Crippen LogP contribution in [-0.2, 0) is 0 Å². The van der Waals surface area contributed by atoms with E-state index in [4.69, 9.17) is 28.7 Å². The van der Waals surface area contributed by atoms with Gasteiger partial charge in [-0.15, -0.1) is 0 Å². The summed E-state index contributed by atoms with van der Waals surface area (Å²) in [7, 11) is 7.84. The summed E-state index contributed by atoms with van der Waals surface area (Å²) in [6.45, 7) is 0. The number of rotatable bonds is 10. The summed E-state index contributed by atoms with van der Waals surface area (Å²) in [5, 5.41) is 6.54. The maximum Gasteiger partial charge on any atom is 0.241 e. The van der Waals surface area contributed by atoms with Gasteiger partial charge in [0.1, 0.15) is 6.33 Å². The van der Waals surface area contributed by atoms with Gasteiger partial charge in [-0.1, -0.05) is 12.1 Å². The van der Waals surface area contributed by atoms with Gasteiger partial charge < -0.3 is 34.3 Å². The van der Waals surface area contributed by atoms with Crippen LogP contribution in [0.5, 0.6) is 28.7 Å². The highest BCUT2D eigenvalue weighted by Crippen LogP contribution is 2.40. The zero-order valence-electron chi connectivity index (χ0n) is 22.1. The number of ether oxygens (including phenoxy) is 5. The monoisotopic (exact) mass is 529 g/mol. The van der Waals surface area contributed by atoms with Crippen LogP contribution in [0.15, 0.2) is 60.9 Å². The van der Waals surface area contributed by atoms with E-state index in [-0.39, 0.29) is 0 Å². The van der Waals surface area contributed by atoms with Gasteiger partial charge in [-0.05, 0) is 24.3 Å². The van der Waals surface area contributed by atoms with E-state index in [1.54, 1.807) is 47.7 Å². The van der Waals surface area contributed by atoms with Crippen molar-refractivity contribution in [2.75, 3.05) is 46.2 Å². The smallest absolute Gasteiger partial charge is 0.241 e. The summed E-state index contributed by atoms with van der Waals surface area (Å²) < 4.78 is 28.9. The lowest BCUT2D eigenvalue weighted by atomic mass is 10.2. The second kappa shape index (κ2) is 11.0. The first-order valence-corrected chi connectivity index (χ1v) is 11.8. The van der Waals surface area contributed by atoms with Crippen molar-refractivity contribution in [1.29, 1.82) is 0 Å². The van der Waals surface area contributed by atoms with Crippen LogP contribution in [0.1, 0.15) is 0 Å². The average molecular weight is 530 g/mol. The van der Waals surface area contributed by atoms with Gasteiger partial charge in [0.05, 0.1) is 46.6 Å². The van der Waals surface area contributed by atoms with Gasteiger partial charge in [-0.2, -0.15) is 4.98 Å². The fraction of sp³-hybridized carbons (Fsp3) is 0.185. The van der Waals surface area contributed by atoms with Crippen molar-refractivity contribution in [1.82, 2.24) is 24.5 Å². The van der Waals surface area contributed by atoms with E-state index in [1.165, 1.54) is 6.33 Å². The molecule has 0 spiro atoms. The van der Waals surface area contributed by atoms with Crippen molar-refractivity contribution in [2.45, 2.75) is 0 Å². The third kappa shape index (κ3) is 4.99. The van der Waals surface area contributed by atoms with E-state index in [0.29, 0.717) is 52.3 Å². The molecule has 2 heterocycles. The minimum atomic E-state index is 0.309. The Bertz CT molecular complexity index is 1600. The molecule has 0 saturated carbocycles. The number of nitrogens with one attached hydrogen (secondary N) is 2. The lowest BCUT2D eigenvalue weighted by Crippen LogP contribution is -2.08. The van der Waals surface area contributed by atoms with Crippen molar-refractivity contribution < 1.29 is 23.7 Å². The standard InChI is InChI=1S/C27H27N7O5/c1-35-20-11-10-16(12-21(20)36-2)31-27-32-18-8-6-7-9-19(18)34(27)26-29-15-28-25(33-26)30-17-13-22(37-3)24(39-5)23(14-17)38-4/h6-15H,1-5H3,(H,31,32)(H,28,29,30,33). The minimum Gasteiger partial charge on any atom is -0.493 e. The zero-order chi connectivity index (χ0) is 27.4. The van der Waals surface area contributed by atoms with Gasteiger partial charge in [0.2, 0.25) is 23.6 Å². The van der Waals surface area contributed by atoms with E-state index >= 15 is 0 Å². The number of methoxy groups -OCH3 is 5. The highest BCUT2D eigenvalue weighted by molar-refractivity contribution is 5.81. The topological polar surface area (TPSA) is 127 Å². The summed E-state index contributed by atoms with van der Waals surface area (Å²) in [6, 6.07) is 16.8. The number of nitrogens with zero attached hydrogens (tertiary/aromatic N) is 5. The predicted molar refractivity (Wildman–Crippen MR) is 147 cm³/mol. The van der Waals surface area contributed by atoms with Crippen molar-refractivity contribution in [3.8, 4) is 34.7 Å². The highest BCUT2D eigenvalue weighted by Gasteiger charge is 2.18. The number of fused-ring (bicyclic) bond motifs is 1. The van der Waals surface area contributed by atoms with Crippen molar-refractivity contribution >= 4 is 34.3 Å². The average Bonchev–Trinajstić information content (AvgIpc) is 3.34. The number of hydrogen-bond acceptors (Lipinski definition) is 11. The van der Waals surface area contributed by atoms with Crippen molar-refractivity contribution in [3.05, 3.63) is 60.9 Å². The molecule has 0 atom stereocenters. The van der Waals surface area contributed by atoms with Crippen LogP contribution in [0.2, 0.25) is 0 Å². The molecule has 2 N–H and O–H groups in total. The summed E-state index contributed by atoms with van der Waals surface area (Å²) in [4.78, 5) is 18.2. The van der Waals surface area contributed by atoms with Crippen LogP contribution in [0, 0.1) is 0 Å². The van der Waals surface area contributed by atoms with Crippen molar-refractivity contribution in [2.24, 2.45) is 0 Å². The molecule has 5 rings (SSSR count). The van der Waals surface area contributed by atoms with Crippen LogP contribution in [-0.4, -0.2) is 60.1 Å². The summed E-state index contributed by atoms with van der Waals surface area (Å²) in [5.41, 5.74) is 2.96. The molecular weight excluding hydrogens is 502 g/mol. The van der Waals surface area contributed by atoms with Crippen LogP contribution >= 0.6 is 0 Å². The molecule has 0 radical (unpaired) electrons. The van der Waals surface area contributed by atoms with Crippen molar-refractivity contribution in [3.63, 3.8) is 0 Å². The molecule has 12 nitrogen and oxygen atoms in total. The van der Waals surface area contributed by atoms with E-state index in [2.05, 4.69) is 25.6 Å². The molecule has 0 aliphatic heterocycles. The number of imidazole rings is 1. The van der Waals surface area contributed by atoms with Crippen LogP contribution in [0.3, 0.4) is 0 Å². The Labute approximate surface area is 224 Å². The molecule has 0 aliphatic carbocycles. The number of anilines is 4. The Kier molecular flexibility index (Phi) is 7.17. The second-order valence-corrected chi connectivity index (χ2v) is 8.10. The van der Waals surface area contributed by atoms with E-state index in [1.807, 2.05) is 47.0 Å². The summed E-state index contributed by atoms with van der Waals surface area (Å²) >= 11 is 0. The molecule has 2 aromatic heterocycles. The van der Waals surface area contributed by atoms with Gasteiger partial charge in [0, 0.05) is 29.6 Å². The molecule has 0 unspecified atom stereocenters. The van der Waals surface area contributed by atoms with Crippen LogP contribution in [0.25, 0.3) is 17.0 Å². The molecule has 5 aromatic rings. The Hall–Kier alpha value is -5.26. The van der Waals surface area contributed by atoms with Gasteiger partial charge in [-0.3, -0.25) is 0 Å². The fourth-order valence-corrected chi connectivity index (χ4v) is 4.09. The molecular formula is C27H27N7O5. The molecule has 200 valence electrons. The maximum atomic E-state index is 5.46. The lowest BCUT2D eigenvalue weighted by Gasteiger charge is -2.15. The first kappa shape index (κ1) is 25.4. The predicted octanol–water partition coefficient (Wildman–Crippen LogP) is 4.74. The number of para-hydroxylation sites is 2. The third-order valence-corrected chi connectivity index (χ3v) is 5.88. The Morgan fingerprint density at radius 2 is 1.33 bits per heavy atom. The van der Waals surface area contributed by atoms with Gasteiger partial charge in [-0.25, -0.2) is 19.5 Å². The number of benzene rings is 3. The van der Waals surface area contributed by atoms with E-state index in [9.17, 15) is 0 Å². The Balaban J connectivity index is 1.54. The Morgan fingerprint density at radius 1 is 0.641 bits per heavy atom. The molecule has 12 heteroatoms. The van der Waals surface area contributed by atoms with Gasteiger partial charge >= 0.3 is 0 Å². The maximum absolute atomic E-state index is 5.46. The highest BCUT2D eigenvalue weighted by atomic mass is 16.5. The molecule has 0 saturated heterocycles. The third-order valence-electron chi connectivity index (χ3n) is 5.88. The summed E-state index contributed by atoms with van der Waals surface area (Å²) in [5.74, 6) is 3.86. The normalized spacial score (nSPS) is 10.7. The first-order valence-electron chi connectivity index (χ1n) is 11.8. The Morgan fingerprint density at radius 3 is 2.03 bits per heavy atom. The zero-order valence-corrected chi connectivity index (χ0v) is 22.1. The van der Waals surface area contributed by atoms with Gasteiger partial charge in [0.25, 0.3) is 0 Å². The molecule has 0 bridgehead atoms. The fourth-order valence-electron chi connectivity index (χ4n) is 4.09. The molecule has 0 aliphatic rings. The number of aromatic nitrogens is 5. The number of hydrogen-bond donors (Lipinski definition) is 2. The van der Waals surface area contributed by atoms with Crippen LogP contribution < -0.4 is 34.3 Å². The van der Waals surface area contributed by atoms with Crippen LogP contribution in [0.4, 0.5) is 23.3 Å². The van der Waals surface area contributed by atoms with Gasteiger partial charge in [0.15, 0.2) is 23.0 Å². The molecule has 0 amide bonds. The quantitative estimate of drug-likeness (QED) is 0.260. The van der Waals surface area contributed by atoms with E-state index < -0.39 is 0 Å². The molecule has 3 aromatic carbocycles. The lowest BCUT2D eigenvalue weighted by molar-refractivity contribution is 0.324.